The van der Waals surface area contributed by atoms with Crippen LogP contribution in [-0.4, -0.2) is 29.7 Å². The van der Waals surface area contributed by atoms with Crippen molar-refractivity contribution in [1.82, 2.24) is 4.90 Å². The Morgan fingerprint density at radius 1 is 1.24 bits per heavy atom. The van der Waals surface area contributed by atoms with Gasteiger partial charge >= 0.3 is 6.09 Å². The van der Waals surface area contributed by atoms with Crippen molar-refractivity contribution in [2.24, 2.45) is 11.8 Å². The Kier molecular flexibility index (Phi) is 6.58. The second-order valence-corrected chi connectivity index (χ2v) is 6.25. The molecule has 0 fully saturated rings. The third-order valence-corrected chi connectivity index (χ3v) is 2.44. The first-order valence-corrected chi connectivity index (χ1v) is 6.63. The molecule has 0 aliphatic carbocycles. The zero-order valence-electron chi connectivity index (χ0n) is 12.5. The number of hydrogen-bond donors (Lipinski definition) is 0. The van der Waals surface area contributed by atoms with Gasteiger partial charge in [-0.05, 0) is 46.0 Å². The average molecular weight is 243 g/mol. The van der Waals surface area contributed by atoms with E-state index in [2.05, 4.69) is 20.8 Å². The fourth-order valence-electron chi connectivity index (χ4n) is 1.91. The number of rotatable bonds is 5. The van der Waals surface area contributed by atoms with Crippen molar-refractivity contribution in [2.45, 2.75) is 60.5 Å². The maximum Gasteiger partial charge on any atom is 0.410 e. The van der Waals surface area contributed by atoms with Gasteiger partial charge in [-0.25, -0.2) is 4.79 Å². The molecule has 0 spiro atoms. The van der Waals surface area contributed by atoms with Crippen LogP contribution in [0, 0.1) is 11.8 Å². The highest BCUT2D eigenvalue weighted by Gasteiger charge is 2.22. The van der Waals surface area contributed by atoms with Crippen LogP contribution in [0.15, 0.2) is 0 Å². The minimum atomic E-state index is -0.411. The van der Waals surface area contributed by atoms with Gasteiger partial charge in [-0.1, -0.05) is 20.8 Å². The summed E-state index contributed by atoms with van der Waals surface area (Å²) in [7, 11) is 0. The van der Waals surface area contributed by atoms with E-state index >= 15 is 0 Å². The highest BCUT2D eigenvalue weighted by atomic mass is 16.6. The van der Waals surface area contributed by atoms with Crippen LogP contribution < -0.4 is 0 Å². The van der Waals surface area contributed by atoms with Crippen LogP contribution in [0.4, 0.5) is 4.79 Å². The lowest BCUT2D eigenvalue weighted by Crippen LogP contribution is -2.39. The zero-order valence-corrected chi connectivity index (χ0v) is 12.5. The SMILES string of the molecule is CCN(CC(C)CC(C)C)C(=O)OC(C)(C)C. The lowest BCUT2D eigenvalue weighted by Gasteiger charge is -2.28. The number of hydrogen-bond acceptors (Lipinski definition) is 2. The minimum absolute atomic E-state index is 0.199. The highest BCUT2D eigenvalue weighted by molar-refractivity contribution is 5.68. The molecule has 1 amide bonds. The van der Waals surface area contributed by atoms with Gasteiger partial charge in [0.25, 0.3) is 0 Å². The highest BCUT2D eigenvalue weighted by Crippen LogP contribution is 2.15. The van der Waals surface area contributed by atoms with E-state index in [1.54, 1.807) is 4.90 Å². The summed E-state index contributed by atoms with van der Waals surface area (Å²) in [5, 5.41) is 0. The molecule has 0 radical (unpaired) electrons. The first-order valence-electron chi connectivity index (χ1n) is 6.63. The first kappa shape index (κ1) is 16.3. The van der Waals surface area contributed by atoms with E-state index in [0.29, 0.717) is 18.4 Å². The summed E-state index contributed by atoms with van der Waals surface area (Å²) < 4.78 is 5.38. The second kappa shape index (κ2) is 6.87. The first-order chi connectivity index (χ1) is 7.65. The monoisotopic (exact) mass is 243 g/mol. The topological polar surface area (TPSA) is 29.5 Å². The summed E-state index contributed by atoms with van der Waals surface area (Å²) in [4.78, 5) is 13.7. The van der Waals surface area contributed by atoms with E-state index in [1.807, 2.05) is 27.7 Å². The van der Waals surface area contributed by atoms with Crippen molar-refractivity contribution in [3.8, 4) is 0 Å². The third kappa shape index (κ3) is 8.06. The molecular weight excluding hydrogens is 214 g/mol. The van der Waals surface area contributed by atoms with Crippen molar-refractivity contribution < 1.29 is 9.53 Å². The van der Waals surface area contributed by atoms with Gasteiger partial charge in [0.05, 0.1) is 0 Å². The Morgan fingerprint density at radius 2 is 1.76 bits per heavy atom. The fourth-order valence-corrected chi connectivity index (χ4v) is 1.91. The molecule has 0 saturated carbocycles. The molecule has 0 aromatic rings. The molecule has 0 aliphatic rings. The van der Waals surface area contributed by atoms with Crippen molar-refractivity contribution in [2.75, 3.05) is 13.1 Å². The molecule has 1 unspecified atom stereocenters. The molecule has 0 aliphatic heterocycles. The van der Waals surface area contributed by atoms with Gasteiger partial charge in [-0.2, -0.15) is 0 Å². The van der Waals surface area contributed by atoms with Crippen LogP contribution in [-0.2, 0) is 4.74 Å². The van der Waals surface area contributed by atoms with Crippen LogP contribution in [0.3, 0.4) is 0 Å². The summed E-state index contributed by atoms with van der Waals surface area (Å²) in [5.74, 6) is 1.19. The molecular formula is C14H29NO2. The number of amides is 1. The normalized spacial score (nSPS) is 13.6. The Bertz CT molecular complexity index is 231. The second-order valence-electron chi connectivity index (χ2n) is 6.25. The van der Waals surface area contributed by atoms with E-state index in [1.165, 1.54) is 0 Å². The molecule has 3 nitrogen and oxygen atoms in total. The van der Waals surface area contributed by atoms with Crippen LogP contribution in [0.2, 0.25) is 0 Å². The average Bonchev–Trinajstić information content (AvgIpc) is 2.09. The fraction of sp³-hybridized carbons (Fsp3) is 0.929. The maximum atomic E-state index is 11.9. The molecule has 0 saturated heterocycles. The number of nitrogens with zero attached hydrogens (tertiary/aromatic N) is 1. The molecule has 0 aromatic carbocycles. The quantitative estimate of drug-likeness (QED) is 0.732. The van der Waals surface area contributed by atoms with Gasteiger partial charge < -0.3 is 9.64 Å². The number of carbonyl (C=O) groups excluding carboxylic acids is 1. The van der Waals surface area contributed by atoms with Gasteiger partial charge in [0.1, 0.15) is 5.60 Å². The van der Waals surface area contributed by atoms with Gasteiger partial charge in [-0.15, -0.1) is 0 Å². The maximum absolute atomic E-state index is 11.9. The van der Waals surface area contributed by atoms with Crippen molar-refractivity contribution in [3.63, 3.8) is 0 Å². The van der Waals surface area contributed by atoms with Gasteiger partial charge in [0.15, 0.2) is 0 Å². The van der Waals surface area contributed by atoms with E-state index in [4.69, 9.17) is 4.74 Å². The van der Waals surface area contributed by atoms with Gasteiger partial charge in [0, 0.05) is 13.1 Å². The molecule has 0 rings (SSSR count). The smallest absolute Gasteiger partial charge is 0.410 e. The molecule has 0 heterocycles. The summed E-state index contributed by atoms with van der Waals surface area (Å²) in [5.41, 5.74) is -0.411. The zero-order chi connectivity index (χ0) is 13.6. The van der Waals surface area contributed by atoms with Crippen LogP contribution in [0.25, 0.3) is 0 Å². The van der Waals surface area contributed by atoms with Crippen molar-refractivity contribution >= 4 is 6.09 Å². The Balaban J connectivity index is 4.28. The van der Waals surface area contributed by atoms with E-state index in [0.717, 1.165) is 13.0 Å². The summed E-state index contributed by atoms with van der Waals surface area (Å²) >= 11 is 0. The summed E-state index contributed by atoms with van der Waals surface area (Å²) in [6.07, 6.45) is 0.940. The minimum Gasteiger partial charge on any atom is -0.444 e. The molecule has 0 aromatic heterocycles. The largest absolute Gasteiger partial charge is 0.444 e. The third-order valence-electron chi connectivity index (χ3n) is 2.44. The number of carbonyl (C=O) groups is 1. The van der Waals surface area contributed by atoms with Gasteiger partial charge in [0.2, 0.25) is 0 Å². The summed E-state index contributed by atoms with van der Waals surface area (Å²) in [6.45, 7) is 15.8. The molecule has 17 heavy (non-hydrogen) atoms. The summed E-state index contributed by atoms with van der Waals surface area (Å²) in [6, 6.07) is 0. The Morgan fingerprint density at radius 3 is 2.12 bits per heavy atom. The van der Waals surface area contributed by atoms with Crippen LogP contribution in [0.5, 0.6) is 0 Å². The van der Waals surface area contributed by atoms with Crippen LogP contribution >= 0.6 is 0 Å². The molecule has 0 N–H and O–H groups in total. The van der Waals surface area contributed by atoms with E-state index < -0.39 is 5.60 Å². The number of ether oxygens (including phenoxy) is 1. The van der Waals surface area contributed by atoms with E-state index in [9.17, 15) is 4.79 Å². The lowest BCUT2D eigenvalue weighted by atomic mass is 9.98. The lowest BCUT2D eigenvalue weighted by molar-refractivity contribution is 0.0230. The van der Waals surface area contributed by atoms with Crippen molar-refractivity contribution in [1.29, 1.82) is 0 Å². The molecule has 3 heteroatoms. The van der Waals surface area contributed by atoms with Crippen molar-refractivity contribution in [3.05, 3.63) is 0 Å². The van der Waals surface area contributed by atoms with E-state index in [-0.39, 0.29) is 6.09 Å². The molecule has 1 atom stereocenters. The molecule has 0 bridgehead atoms. The predicted octanol–water partition coefficient (Wildman–Crippen LogP) is 3.93. The van der Waals surface area contributed by atoms with Gasteiger partial charge in [-0.3, -0.25) is 0 Å². The Labute approximate surface area is 107 Å². The van der Waals surface area contributed by atoms with Crippen LogP contribution in [0.1, 0.15) is 54.9 Å². The standard InChI is InChI=1S/C14H29NO2/c1-8-15(10-12(4)9-11(2)3)13(16)17-14(5,6)7/h11-12H,8-10H2,1-7H3. The predicted molar refractivity (Wildman–Crippen MR) is 72.1 cm³/mol. The Hall–Kier alpha value is -0.730. The molecule has 102 valence electrons.